The molecule has 0 fully saturated rings. The van der Waals surface area contributed by atoms with Gasteiger partial charge in [-0.3, -0.25) is 0 Å². The predicted molar refractivity (Wildman–Crippen MR) is 60.8 cm³/mol. The van der Waals surface area contributed by atoms with Gasteiger partial charge in [-0.1, -0.05) is 0 Å². The van der Waals surface area contributed by atoms with E-state index in [1.54, 1.807) is 19.1 Å². The van der Waals surface area contributed by atoms with Gasteiger partial charge in [0, 0.05) is 6.54 Å². The zero-order chi connectivity index (χ0) is 11.5. The number of ether oxygens (including phenoxy) is 2. The molecule has 86 valence electrons. The lowest BCUT2D eigenvalue weighted by Crippen LogP contribution is -2.20. The summed E-state index contributed by atoms with van der Waals surface area (Å²) in [5, 5.41) is 3.13. The molecule has 1 heterocycles. The summed E-state index contributed by atoms with van der Waals surface area (Å²) in [6.07, 6.45) is 0. The van der Waals surface area contributed by atoms with E-state index >= 15 is 0 Å². The van der Waals surface area contributed by atoms with Crippen molar-refractivity contribution >= 4 is 17.3 Å². The third-order valence-electron chi connectivity index (χ3n) is 2.31. The standard InChI is InChI=1S/C11H14N2O3/c1-2-15-11(14)7-5-8(12)10-9(6-7)16-4-3-13-10/h5-6,13H,2-4,12H2,1H3. The highest BCUT2D eigenvalue weighted by molar-refractivity contribution is 5.93. The van der Waals surface area contributed by atoms with Crippen LogP contribution in [0.2, 0.25) is 0 Å². The lowest BCUT2D eigenvalue weighted by molar-refractivity contribution is 0.0526. The number of hydrogen-bond acceptors (Lipinski definition) is 5. The predicted octanol–water partition coefficient (Wildman–Crippen LogP) is 1.25. The van der Waals surface area contributed by atoms with Crippen molar-refractivity contribution in [1.29, 1.82) is 0 Å². The van der Waals surface area contributed by atoms with Crippen molar-refractivity contribution in [2.75, 3.05) is 30.8 Å². The summed E-state index contributed by atoms with van der Waals surface area (Å²) >= 11 is 0. The van der Waals surface area contributed by atoms with E-state index in [-0.39, 0.29) is 5.97 Å². The van der Waals surface area contributed by atoms with Crippen LogP contribution in [0.25, 0.3) is 0 Å². The summed E-state index contributed by atoms with van der Waals surface area (Å²) < 4.78 is 10.3. The molecule has 0 saturated carbocycles. The number of anilines is 2. The number of carbonyl (C=O) groups is 1. The molecule has 0 saturated heterocycles. The molecular formula is C11H14N2O3. The quantitative estimate of drug-likeness (QED) is 0.582. The molecule has 0 radical (unpaired) electrons. The van der Waals surface area contributed by atoms with E-state index in [0.29, 0.717) is 30.2 Å². The monoisotopic (exact) mass is 222 g/mol. The van der Waals surface area contributed by atoms with Crippen molar-refractivity contribution < 1.29 is 14.3 Å². The van der Waals surface area contributed by atoms with Crippen LogP contribution in [0.15, 0.2) is 12.1 Å². The molecule has 1 aromatic rings. The van der Waals surface area contributed by atoms with Gasteiger partial charge in [0.05, 0.1) is 17.9 Å². The first-order chi connectivity index (χ1) is 7.72. The van der Waals surface area contributed by atoms with Gasteiger partial charge in [0.15, 0.2) is 0 Å². The molecule has 0 bridgehead atoms. The summed E-state index contributed by atoms with van der Waals surface area (Å²) in [6.45, 7) is 3.39. The Labute approximate surface area is 93.5 Å². The number of hydrogen-bond donors (Lipinski definition) is 2. The highest BCUT2D eigenvalue weighted by Crippen LogP contribution is 2.34. The Morgan fingerprint density at radius 1 is 1.62 bits per heavy atom. The minimum Gasteiger partial charge on any atom is -0.489 e. The number of nitrogens with one attached hydrogen (secondary N) is 1. The average Bonchev–Trinajstić information content (AvgIpc) is 2.29. The number of fused-ring (bicyclic) bond motifs is 1. The molecule has 0 aromatic heterocycles. The maximum absolute atomic E-state index is 11.5. The zero-order valence-corrected chi connectivity index (χ0v) is 9.08. The van der Waals surface area contributed by atoms with E-state index in [0.717, 1.165) is 12.2 Å². The number of esters is 1. The normalized spacial score (nSPS) is 13.3. The number of benzene rings is 1. The zero-order valence-electron chi connectivity index (χ0n) is 9.08. The Balaban J connectivity index is 2.35. The highest BCUT2D eigenvalue weighted by Gasteiger charge is 2.17. The molecule has 3 N–H and O–H groups in total. The molecule has 5 nitrogen and oxygen atoms in total. The lowest BCUT2D eigenvalue weighted by Gasteiger charge is -2.21. The molecule has 0 aliphatic carbocycles. The van der Waals surface area contributed by atoms with Gasteiger partial charge in [-0.05, 0) is 19.1 Å². The van der Waals surface area contributed by atoms with Crippen molar-refractivity contribution in [1.82, 2.24) is 0 Å². The molecule has 2 rings (SSSR count). The van der Waals surface area contributed by atoms with E-state index < -0.39 is 0 Å². The van der Waals surface area contributed by atoms with Crippen LogP contribution in [0.1, 0.15) is 17.3 Å². The SMILES string of the molecule is CCOC(=O)c1cc(N)c2c(c1)OCCN2. The smallest absolute Gasteiger partial charge is 0.338 e. The maximum Gasteiger partial charge on any atom is 0.338 e. The topological polar surface area (TPSA) is 73.6 Å². The Kier molecular flexibility index (Phi) is 2.85. The first-order valence-corrected chi connectivity index (χ1v) is 5.19. The van der Waals surface area contributed by atoms with Crippen LogP contribution in [0.4, 0.5) is 11.4 Å². The van der Waals surface area contributed by atoms with Crippen LogP contribution < -0.4 is 15.8 Å². The Morgan fingerprint density at radius 2 is 2.44 bits per heavy atom. The van der Waals surface area contributed by atoms with Crippen LogP contribution in [0, 0.1) is 0 Å². The van der Waals surface area contributed by atoms with Crippen molar-refractivity contribution in [2.45, 2.75) is 6.92 Å². The van der Waals surface area contributed by atoms with E-state index in [9.17, 15) is 4.79 Å². The molecule has 0 spiro atoms. The van der Waals surface area contributed by atoms with Gasteiger partial charge in [-0.2, -0.15) is 0 Å². The molecule has 5 heteroatoms. The molecule has 1 aliphatic rings. The Morgan fingerprint density at radius 3 is 3.19 bits per heavy atom. The number of nitrogen functional groups attached to an aromatic ring is 1. The van der Waals surface area contributed by atoms with Crippen molar-refractivity contribution in [3.63, 3.8) is 0 Å². The first kappa shape index (κ1) is 10.6. The third kappa shape index (κ3) is 1.88. The van der Waals surface area contributed by atoms with Crippen LogP contribution >= 0.6 is 0 Å². The van der Waals surface area contributed by atoms with E-state index in [1.807, 2.05) is 0 Å². The highest BCUT2D eigenvalue weighted by atomic mass is 16.5. The summed E-state index contributed by atoms with van der Waals surface area (Å²) in [5.74, 6) is 0.223. The first-order valence-electron chi connectivity index (χ1n) is 5.19. The van der Waals surface area contributed by atoms with Crippen LogP contribution in [-0.2, 0) is 4.74 Å². The summed E-state index contributed by atoms with van der Waals surface area (Å²) in [6, 6.07) is 3.24. The van der Waals surface area contributed by atoms with Crippen LogP contribution in [0.3, 0.4) is 0 Å². The number of carbonyl (C=O) groups excluding carboxylic acids is 1. The molecule has 0 amide bonds. The van der Waals surface area contributed by atoms with E-state index in [1.165, 1.54) is 0 Å². The van der Waals surface area contributed by atoms with Crippen LogP contribution in [0.5, 0.6) is 5.75 Å². The van der Waals surface area contributed by atoms with Crippen molar-refractivity contribution in [3.05, 3.63) is 17.7 Å². The average molecular weight is 222 g/mol. The Hall–Kier alpha value is -1.91. The fraction of sp³-hybridized carbons (Fsp3) is 0.364. The molecule has 16 heavy (non-hydrogen) atoms. The van der Waals surface area contributed by atoms with Crippen molar-refractivity contribution in [2.24, 2.45) is 0 Å². The number of nitrogens with two attached hydrogens (primary N) is 1. The van der Waals surface area contributed by atoms with Gasteiger partial charge in [0.25, 0.3) is 0 Å². The van der Waals surface area contributed by atoms with Crippen LogP contribution in [-0.4, -0.2) is 25.7 Å². The molecule has 0 unspecified atom stereocenters. The van der Waals surface area contributed by atoms with Gasteiger partial charge >= 0.3 is 5.97 Å². The third-order valence-corrected chi connectivity index (χ3v) is 2.31. The molecule has 0 atom stereocenters. The number of rotatable bonds is 2. The molecular weight excluding hydrogens is 208 g/mol. The second-order valence-corrected chi connectivity index (χ2v) is 3.43. The lowest BCUT2D eigenvalue weighted by atomic mass is 10.1. The van der Waals surface area contributed by atoms with E-state index in [2.05, 4.69) is 5.32 Å². The summed E-state index contributed by atoms with van der Waals surface area (Å²) in [4.78, 5) is 11.5. The van der Waals surface area contributed by atoms with Gasteiger partial charge in [0.1, 0.15) is 18.0 Å². The second-order valence-electron chi connectivity index (χ2n) is 3.43. The van der Waals surface area contributed by atoms with E-state index in [4.69, 9.17) is 15.2 Å². The van der Waals surface area contributed by atoms with Crippen molar-refractivity contribution in [3.8, 4) is 5.75 Å². The summed E-state index contributed by atoms with van der Waals surface area (Å²) in [5.41, 5.74) is 7.49. The fourth-order valence-electron chi connectivity index (χ4n) is 1.61. The second kappa shape index (κ2) is 4.30. The maximum atomic E-state index is 11.5. The van der Waals surface area contributed by atoms with Gasteiger partial charge in [-0.15, -0.1) is 0 Å². The van der Waals surface area contributed by atoms with Gasteiger partial charge in [-0.25, -0.2) is 4.79 Å². The summed E-state index contributed by atoms with van der Waals surface area (Å²) in [7, 11) is 0. The van der Waals surface area contributed by atoms with Gasteiger partial charge in [0.2, 0.25) is 0 Å². The minimum absolute atomic E-state index is 0.342. The molecule has 1 aromatic carbocycles. The largest absolute Gasteiger partial charge is 0.489 e. The minimum atomic E-state index is -0.383. The fourth-order valence-corrected chi connectivity index (χ4v) is 1.61. The molecule has 1 aliphatic heterocycles. The Bertz CT molecular complexity index is 418. The van der Waals surface area contributed by atoms with Gasteiger partial charge < -0.3 is 20.5 Å².